The Balaban J connectivity index is 2.66. The van der Waals surface area contributed by atoms with Crippen molar-refractivity contribution in [3.05, 3.63) is 63.1 Å². The van der Waals surface area contributed by atoms with Crippen LogP contribution in [-0.4, -0.2) is 4.57 Å². The van der Waals surface area contributed by atoms with Crippen molar-refractivity contribution in [2.45, 2.75) is 26.7 Å². The van der Waals surface area contributed by atoms with Crippen LogP contribution in [0.25, 0.3) is 5.69 Å². The van der Waals surface area contributed by atoms with E-state index in [0.29, 0.717) is 5.56 Å². The highest BCUT2D eigenvalue weighted by atomic mass is 35.5. The monoisotopic (exact) mass is 261 g/mol. The Morgan fingerprint density at radius 1 is 1.06 bits per heavy atom. The van der Waals surface area contributed by atoms with Crippen LogP contribution in [0.15, 0.2) is 35.3 Å². The van der Waals surface area contributed by atoms with E-state index in [-0.39, 0.29) is 11.3 Å². The average molecular weight is 262 g/mol. The molecule has 0 radical (unpaired) electrons. The molecule has 1 aromatic carbocycles. The average Bonchev–Trinajstić information content (AvgIpc) is 2.27. The number of halogens is 1. The van der Waals surface area contributed by atoms with Crippen LogP contribution >= 0.6 is 11.6 Å². The zero-order valence-corrected chi connectivity index (χ0v) is 11.6. The van der Waals surface area contributed by atoms with Gasteiger partial charge in [-0.15, -0.1) is 11.6 Å². The minimum atomic E-state index is 0.00289. The van der Waals surface area contributed by atoms with E-state index in [4.69, 9.17) is 11.6 Å². The van der Waals surface area contributed by atoms with Crippen LogP contribution in [0.2, 0.25) is 0 Å². The first-order valence-corrected chi connectivity index (χ1v) is 6.41. The van der Waals surface area contributed by atoms with Crippen LogP contribution in [0.4, 0.5) is 0 Å². The molecule has 1 aromatic heterocycles. The maximum absolute atomic E-state index is 11.7. The highest BCUT2D eigenvalue weighted by molar-refractivity contribution is 6.17. The minimum absolute atomic E-state index is 0.00289. The number of hydrogen-bond acceptors (Lipinski definition) is 1. The molecular weight excluding hydrogens is 246 g/mol. The lowest BCUT2D eigenvalue weighted by Gasteiger charge is -2.13. The number of pyridine rings is 1. The lowest BCUT2D eigenvalue weighted by Crippen LogP contribution is -2.13. The summed E-state index contributed by atoms with van der Waals surface area (Å²) in [5.74, 6) is 0.240. The topological polar surface area (TPSA) is 22.0 Å². The summed E-state index contributed by atoms with van der Waals surface area (Å²) < 4.78 is 2.01. The van der Waals surface area contributed by atoms with Crippen molar-refractivity contribution >= 4 is 11.6 Å². The van der Waals surface area contributed by atoms with Crippen LogP contribution in [0.1, 0.15) is 22.4 Å². The molecule has 2 rings (SSSR count). The second-order valence-electron chi connectivity index (χ2n) is 4.65. The Morgan fingerprint density at radius 3 is 2.22 bits per heavy atom. The van der Waals surface area contributed by atoms with Gasteiger partial charge in [-0.1, -0.05) is 6.07 Å². The molecule has 94 valence electrons. The fraction of sp³-hybridized carbons (Fsp3) is 0.267. The summed E-state index contributed by atoms with van der Waals surface area (Å²) in [6.45, 7) is 6.06. The van der Waals surface area contributed by atoms with Gasteiger partial charge < -0.3 is 4.57 Å². The first kappa shape index (κ1) is 12.9. The number of hydrogen-bond donors (Lipinski definition) is 0. The smallest absolute Gasteiger partial charge is 0.186 e. The predicted octanol–water partition coefficient (Wildman–Crippen LogP) is 3.50. The Morgan fingerprint density at radius 2 is 1.67 bits per heavy atom. The van der Waals surface area contributed by atoms with E-state index in [2.05, 4.69) is 32.0 Å². The third-order valence-corrected chi connectivity index (χ3v) is 3.24. The van der Waals surface area contributed by atoms with E-state index in [1.54, 1.807) is 6.07 Å². The van der Waals surface area contributed by atoms with Gasteiger partial charge in [0.25, 0.3) is 0 Å². The molecule has 0 saturated carbocycles. The van der Waals surface area contributed by atoms with Crippen molar-refractivity contribution in [3.63, 3.8) is 0 Å². The standard InChI is InChI=1S/C15H16ClNO/c1-10-4-11(2)6-14(5-10)17-9-13(8-16)15(18)7-12(17)3/h4-7,9H,8H2,1-3H3. The Labute approximate surface area is 112 Å². The predicted molar refractivity (Wildman–Crippen MR) is 75.8 cm³/mol. The molecule has 0 aliphatic rings. The molecular formula is C15H16ClNO. The molecule has 0 aliphatic heterocycles. The van der Waals surface area contributed by atoms with E-state index >= 15 is 0 Å². The van der Waals surface area contributed by atoms with Gasteiger partial charge >= 0.3 is 0 Å². The van der Waals surface area contributed by atoms with Crippen LogP contribution in [-0.2, 0) is 5.88 Å². The summed E-state index contributed by atoms with van der Waals surface area (Å²) in [6.07, 6.45) is 1.83. The van der Waals surface area contributed by atoms with Crippen molar-refractivity contribution < 1.29 is 0 Å². The highest BCUT2D eigenvalue weighted by Crippen LogP contribution is 2.16. The second kappa shape index (κ2) is 4.99. The third kappa shape index (κ3) is 2.49. The maximum Gasteiger partial charge on any atom is 0.186 e. The van der Waals surface area contributed by atoms with Crippen molar-refractivity contribution in [1.82, 2.24) is 4.57 Å². The van der Waals surface area contributed by atoms with E-state index in [0.717, 1.165) is 11.4 Å². The number of benzene rings is 1. The van der Waals surface area contributed by atoms with Gasteiger partial charge in [-0.2, -0.15) is 0 Å². The van der Waals surface area contributed by atoms with Crippen LogP contribution < -0.4 is 5.43 Å². The zero-order chi connectivity index (χ0) is 13.3. The third-order valence-electron chi connectivity index (χ3n) is 2.95. The lowest BCUT2D eigenvalue weighted by molar-refractivity contribution is 0.951. The molecule has 0 amide bonds. The number of aryl methyl sites for hydroxylation is 3. The molecule has 2 nitrogen and oxygen atoms in total. The van der Waals surface area contributed by atoms with E-state index in [9.17, 15) is 4.79 Å². The first-order valence-electron chi connectivity index (χ1n) is 5.88. The molecule has 0 unspecified atom stereocenters. The molecule has 1 heterocycles. The van der Waals surface area contributed by atoms with E-state index < -0.39 is 0 Å². The zero-order valence-electron chi connectivity index (χ0n) is 10.8. The van der Waals surface area contributed by atoms with Gasteiger partial charge in [0.2, 0.25) is 0 Å². The molecule has 0 saturated heterocycles. The quantitative estimate of drug-likeness (QED) is 0.759. The molecule has 0 spiro atoms. The number of aromatic nitrogens is 1. The SMILES string of the molecule is Cc1cc(C)cc(-n2cc(CCl)c(=O)cc2C)c1. The van der Waals surface area contributed by atoms with E-state index in [1.165, 1.54) is 11.1 Å². The second-order valence-corrected chi connectivity index (χ2v) is 4.92. The Bertz CT molecular complexity index is 623. The van der Waals surface area contributed by atoms with Crippen LogP contribution in [0, 0.1) is 20.8 Å². The van der Waals surface area contributed by atoms with Crippen molar-refractivity contribution in [1.29, 1.82) is 0 Å². The van der Waals surface area contributed by atoms with Gasteiger partial charge in [0.1, 0.15) is 0 Å². The maximum atomic E-state index is 11.7. The highest BCUT2D eigenvalue weighted by Gasteiger charge is 2.05. The van der Waals surface area contributed by atoms with Crippen LogP contribution in [0.5, 0.6) is 0 Å². The van der Waals surface area contributed by atoms with Crippen LogP contribution in [0.3, 0.4) is 0 Å². The molecule has 0 aliphatic carbocycles. The number of nitrogens with zero attached hydrogens (tertiary/aromatic N) is 1. The van der Waals surface area contributed by atoms with E-state index in [1.807, 2.05) is 17.7 Å². The van der Waals surface area contributed by atoms with Gasteiger partial charge in [0.05, 0.1) is 5.88 Å². The summed E-state index contributed by atoms with van der Waals surface area (Å²) in [5, 5.41) is 0. The molecule has 0 fully saturated rings. The molecule has 0 bridgehead atoms. The molecule has 2 aromatic rings. The van der Waals surface area contributed by atoms with Gasteiger partial charge in [-0.05, 0) is 44.0 Å². The summed E-state index contributed by atoms with van der Waals surface area (Å²) >= 11 is 5.79. The number of rotatable bonds is 2. The Hall–Kier alpha value is -1.54. The molecule has 3 heteroatoms. The fourth-order valence-electron chi connectivity index (χ4n) is 2.14. The van der Waals surface area contributed by atoms with Gasteiger partial charge in [-0.3, -0.25) is 4.79 Å². The summed E-state index contributed by atoms with van der Waals surface area (Å²) in [5.41, 5.74) is 5.02. The lowest BCUT2D eigenvalue weighted by atomic mass is 10.1. The number of alkyl halides is 1. The van der Waals surface area contributed by atoms with Gasteiger partial charge in [-0.25, -0.2) is 0 Å². The van der Waals surface area contributed by atoms with Crippen molar-refractivity contribution in [2.75, 3.05) is 0 Å². The van der Waals surface area contributed by atoms with Crippen molar-refractivity contribution in [2.24, 2.45) is 0 Å². The fourth-order valence-corrected chi connectivity index (χ4v) is 2.34. The summed E-state index contributed by atoms with van der Waals surface area (Å²) in [6, 6.07) is 7.96. The Kier molecular flexibility index (Phi) is 3.58. The minimum Gasteiger partial charge on any atom is -0.321 e. The molecule has 18 heavy (non-hydrogen) atoms. The largest absolute Gasteiger partial charge is 0.321 e. The van der Waals surface area contributed by atoms with Gasteiger partial charge in [0.15, 0.2) is 5.43 Å². The van der Waals surface area contributed by atoms with Crippen molar-refractivity contribution in [3.8, 4) is 5.69 Å². The summed E-state index contributed by atoms with van der Waals surface area (Å²) in [4.78, 5) is 11.7. The molecule has 0 atom stereocenters. The van der Waals surface area contributed by atoms with Gasteiger partial charge in [0, 0.05) is 29.2 Å². The molecule has 0 N–H and O–H groups in total. The normalized spacial score (nSPS) is 10.7. The summed E-state index contributed by atoms with van der Waals surface area (Å²) in [7, 11) is 0. The first-order chi connectivity index (χ1) is 8.51.